The zero-order valence-corrected chi connectivity index (χ0v) is 8.11. The normalized spacial score (nSPS) is 16.4. The molecule has 2 aromatic rings. The lowest BCUT2D eigenvalue weighted by atomic mass is 10.2. The second-order valence-corrected chi connectivity index (χ2v) is 4.12. The molecule has 0 amide bonds. The van der Waals surface area contributed by atoms with Crippen molar-refractivity contribution in [3.63, 3.8) is 0 Å². The van der Waals surface area contributed by atoms with E-state index in [-0.39, 0.29) is 0 Å². The van der Waals surface area contributed by atoms with Crippen LogP contribution in [0.25, 0.3) is 5.52 Å². The van der Waals surface area contributed by atoms with Crippen molar-refractivity contribution in [1.82, 2.24) is 4.40 Å². The monoisotopic (exact) mass is 186 g/mol. The molecule has 2 aromatic heterocycles. The van der Waals surface area contributed by atoms with Gasteiger partial charge in [0.05, 0.1) is 0 Å². The lowest BCUT2D eigenvalue weighted by molar-refractivity contribution is 1.04. The number of nitrogens with zero attached hydrogens (tertiary/aromatic N) is 1. The molecule has 0 spiro atoms. The van der Waals surface area contributed by atoms with Crippen LogP contribution in [-0.2, 0) is 6.54 Å². The highest BCUT2D eigenvalue weighted by molar-refractivity contribution is 5.51. The summed E-state index contributed by atoms with van der Waals surface area (Å²) in [5.41, 5.74) is 9.53. The van der Waals surface area contributed by atoms with Crippen LogP contribution in [0.1, 0.15) is 29.9 Å². The summed E-state index contributed by atoms with van der Waals surface area (Å²) in [5, 5.41) is 0. The fourth-order valence-corrected chi connectivity index (χ4v) is 1.96. The molecule has 2 N–H and O–H groups in total. The third-order valence-electron chi connectivity index (χ3n) is 2.96. The third kappa shape index (κ3) is 1.23. The minimum Gasteiger partial charge on any atom is -0.326 e. The van der Waals surface area contributed by atoms with Crippen LogP contribution < -0.4 is 5.73 Å². The van der Waals surface area contributed by atoms with Gasteiger partial charge >= 0.3 is 0 Å². The predicted molar refractivity (Wildman–Crippen MR) is 57.3 cm³/mol. The molecule has 0 aliphatic heterocycles. The van der Waals surface area contributed by atoms with E-state index in [4.69, 9.17) is 5.73 Å². The van der Waals surface area contributed by atoms with Crippen molar-refractivity contribution in [3.8, 4) is 0 Å². The van der Waals surface area contributed by atoms with E-state index in [1.54, 1.807) is 0 Å². The molecule has 0 aromatic carbocycles. The summed E-state index contributed by atoms with van der Waals surface area (Å²) in [6.07, 6.45) is 7.08. The molecule has 0 saturated heterocycles. The topological polar surface area (TPSA) is 30.4 Å². The van der Waals surface area contributed by atoms with Gasteiger partial charge in [-0.1, -0.05) is 6.07 Å². The summed E-state index contributed by atoms with van der Waals surface area (Å²) in [6.45, 7) is 0.625. The van der Waals surface area contributed by atoms with Crippen molar-refractivity contribution in [2.24, 2.45) is 5.73 Å². The van der Waals surface area contributed by atoms with Gasteiger partial charge in [-0.3, -0.25) is 0 Å². The Balaban J connectivity index is 2.12. The molecule has 0 atom stereocenters. The minimum atomic E-state index is 0.625. The maximum atomic E-state index is 5.61. The van der Waals surface area contributed by atoms with Crippen LogP contribution in [0.15, 0.2) is 30.6 Å². The SMILES string of the molecule is NCc1cc2ccc(C3CC3)cn2c1. The first-order valence-electron chi connectivity index (χ1n) is 5.17. The highest BCUT2D eigenvalue weighted by Gasteiger charge is 2.23. The highest BCUT2D eigenvalue weighted by atomic mass is 14.9. The van der Waals surface area contributed by atoms with E-state index in [9.17, 15) is 0 Å². The van der Waals surface area contributed by atoms with Crippen LogP contribution in [0.2, 0.25) is 0 Å². The number of fused-ring (bicyclic) bond motifs is 1. The van der Waals surface area contributed by atoms with Crippen molar-refractivity contribution >= 4 is 5.52 Å². The van der Waals surface area contributed by atoms with E-state index in [0.717, 1.165) is 5.92 Å². The van der Waals surface area contributed by atoms with Gasteiger partial charge in [0.2, 0.25) is 0 Å². The maximum absolute atomic E-state index is 5.61. The standard InChI is InChI=1S/C12H14N2/c13-6-9-5-12-4-3-11(10-1-2-10)8-14(12)7-9/h3-5,7-8,10H,1-2,6,13H2. The first-order chi connectivity index (χ1) is 6.86. The number of rotatable bonds is 2. The van der Waals surface area contributed by atoms with Crippen LogP contribution in [0.4, 0.5) is 0 Å². The number of hydrogen-bond acceptors (Lipinski definition) is 1. The molecule has 72 valence electrons. The molecular formula is C12H14N2. The van der Waals surface area contributed by atoms with Gasteiger partial charge < -0.3 is 10.1 Å². The molecule has 0 radical (unpaired) electrons. The first kappa shape index (κ1) is 8.06. The van der Waals surface area contributed by atoms with Crippen LogP contribution >= 0.6 is 0 Å². The van der Waals surface area contributed by atoms with Gasteiger partial charge in [-0.25, -0.2) is 0 Å². The number of hydrogen-bond donors (Lipinski definition) is 1. The predicted octanol–water partition coefficient (Wildman–Crippen LogP) is 2.28. The molecule has 1 fully saturated rings. The second-order valence-electron chi connectivity index (χ2n) is 4.12. The van der Waals surface area contributed by atoms with Crippen LogP contribution in [0.3, 0.4) is 0 Å². The summed E-state index contributed by atoms with van der Waals surface area (Å²) in [4.78, 5) is 0. The Morgan fingerprint density at radius 3 is 2.86 bits per heavy atom. The summed E-state index contributed by atoms with van der Waals surface area (Å²) >= 11 is 0. The number of nitrogens with two attached hydrogens (primary N) is 1. The van der Waals surface area contributed by atoms with Gasteiger partial charge in [-0.2, -0.15) is 0 Å². The fraction of sp³-hybridized carbons (Fsp3) is 0.333. The van der Waals surface area contributed by atoms with Gasteiger partial charge in [-0.15, -0.1) is 0 Å². The molecule has 2 nitrogen and oxygen atoms in total. The second kappa shape index (κ2) is 2.85. The molecule has 14 heavy (non-hydrogen) atoms. The quantitative estimate of drug-likeness (QED) is 0.766. The summed E-state index contributed by atoms with van der Waals surface area (Å²) in [6, 6.07) is 6.58. The number of aromatic nitrogens is 1. The Morgan fingerprint density at radius 1 is 1.29 bits per heavy atom. The van der Waals surface area contributed by atoms with Gasteiger partial charge in [0.1, 0.15) is 0 Å². The van der Waals surface area contributed by atoms with E-state index in [0.29, 0.717) is 6.54 Å². The van der Waals surface area contributed by atoms with Gasteiger partial charge in [0.25, 0.3) is 0 Å². The fourth-order valence-electron chi connectivity index (χ4n) is 1.96. The molecule has 0 bridgehead atoms. The summed E-state index contributed by atoms with van der Waals surface area (Å²) < 4.78 is 2.19. The van der Waals surface area contributed by atoms with Gasteiger partial charge in [-0.05, 0) is 42.0 Å². The van der Waals surface area contributed by atoms with Crippen molar-refractivity contribution in [2.75, 3.05) is 0 Å². The van der Waals surface area contributed by atoms with Gasteiger partial charge in [0.15, 0.2) is 0 Å². The lowest BCUT2D eigenvalue weighted by Gasteiger charge is -1.99. The van der Waals surface area contributed by atoms with Crippen LogP contribution in [-0.4, -0.2) is 4.40 Å². The summed E-state index contributed by atoms with van der Waals surface area (Å²) in [5.74, 6) is 0.822. The van der Waals surface area contributed by atoms with E-state index >= 15 is 0 Å². The summed E-state index contributed by atoms with van der Waals surface area (Å²) in [7, 11) is 0. The zero-order valence-electron chi connectivity index (χ0n) is 8.11. The molecule has 2 heteroatoms. The zero-order chi connectivity index (χ0) is 9.54. The van der Waals surface area contributed by atoms with Crippen molar-refractivity contribution in [2.45, 2.75) is 25.3 Å². The molecule has 0 unspecified atom stereocenters. The van der Waals surface area contributed by atoms with Crippen LogP contribution in [0.5, 0.6) is 0 Å². The maximum Gasteiger partial charge on any atom is 0.0453 e. The first-order valence-corrected chi connectivity index (χ1v) is 5.17. The Hall–Kier alpha value is -1.28. The average molecular weight is 186 g/mol. The Bertz CT molecular complexity index is 466. The van der Waals surface area contributed by atoms with E-state index < -0.39 is 0 Å². The Labute approximate surface area is 83.3 Å². The van der Waals surface area contributed by atoms with Crippen molar-refractivity contribution < 1.29 is 0 Å². The highest BCUT2D eigenvalue weighted by Crippen LogP contribution is 2.39. The smallest absolute Gasteiger partial charge is 0.0453 e. The van der Waals surface area contributed by atoms with Crippen LogP contribution in [0, 0.1) is 0 Å². The minimum absolute atomic E-state index is 0.625. The van der Waals surface area contributed by atoms with E-state index in [2.05, 4.69) is 35.0 Å². The Kier molecular flexibility index (Phi) is 1.64. The Morgan fingerprint density at radius 2 is 2.14 bits per heavy atom. The lowest BCUT2D eigenvalue weighted by Crippen LogP contribution is -1.93. The van der Waals surface area contributed by atoms with E-state index in [1.807, 2.05) is 0 Å². The molecule has 1 saturated carbocycles. The molecule has 2 heterocycles. The molecule has 3 rings (SSSR count). The molecule has 1 aliphatic carbocycles. The third-order valence-corrected chi connectivity index (χ3v) is 2.96. The van der Waals surface area contributed by atoms with Crippen molar-refractivity contribution in [3.05, 3.63) is 41.7 Å². The van der Waals surface area contributed by atoms with E-state index in [1.165, 1.54) is 29.5 Å². The number of pyridine rings is 1. The molecular weight excluding hydrogens is 172 g/mol. The van der Waals surface area contributed by atoms with Gasteiger partial charge in [0, 0.05) is 24.5 Å². The molecule has 1 aliphatic rings. The van der Waals surface area contributed by atoms with Crippen molar-refractivity contribution in [1.29, 1.82) is 0 Å². The largest absolute Gasteiger partial charge is 0.326 e. The average Bonchev–Trinajstić information content (AvgIpc) is 2.97.